The van der Waals surface area contributed by atoms with Gasteiger partial charge in [-0.05, 0) is 61.4 Å². The van der Waals surface area contributed by atoms with E-state index in [1.165, 1.54) is 29.5 Å². The van der Waals surface area contributed by atoms with Crippen LogP contribution in [0.15, 0.2) is 65.2 Å². The van der Waals surface area contributed by atoms with E-state index in [1.54, 1.807) is 18.5 Å². The Hall–Kier alpha value is -4.20. The summed E-state index contributed by atoms with van der Waals surface area (Å²) in [7, 11) is 0. The molecule has 3 rings (SSSR count). The molecule has 0 radical (unpaired) electrons. The molecule has 2 amide bonds. The van der Waals surface area contributed by atoms with E-state index in [4.69, 9.17) is 11.5 Å². The summed E-state index contributed by atoms with van der Waals surface area (Å²) in [6, 6.07) is 5.15. The van der Waals surface area contributed by atoms with Gasteiger partial charge in [-0.15, -0.1) is 23.4 Å². The first-order valence-corrected chi connectivity index (χ1v) is 13.2. The van der Waals surface area contributed by atoms with Crippen LogP contribution in [0, 0.1) is 5.92 Å². The number of benzene rings is 1. The highest BCUT2D eigenvalue weighted by Crippen LogP contribution is 2.23. The van der Waals surface area contributed by atoms with Crippen molar-refractivity contribution in [2.75, 3.05) is 5.32 Å². The molecule has 1 aliphatic rings. The maximum absolute atomic E-state index is 12.4. The van der Waals surface area contributed by atoms with Crippen molar-refractivity contribution < 1.29 is 27.5 Å². The SMILES string of the molecule is N/C(=C\C=C(/N)NC(=O)Cc1cccc(OC(F)(F)F)c1)CCCCc1nnc(NC(=O)CC2C=CN=CC2)s1. The molecule has 14 heteroatoms. The Morgan fingerprint density at radius 1 is 1.15 bits per heavy atom. The molecule has 0 fully saturated rings. The summed E-state index contributed by atoms with van der Waals surface area (Å²) >= 11 is 1.34. The van der Waals surface area contributed by atoms with Crippen LogP contribution in [0.1, 0.15) is 42.7 Å². The van der Waals surface area contributed by atoms with Gasteiger partial charge in [0.1, 0.15) is 16.6 Å². The monoisotopic (exact) mass is 577 g/mol. The fourth-order valence-electron chi connectivity index (χ4n) is 3.64. The molecule has 2 aromatic rings. The number of nitrogens with zero attached hydrogens (tertiary/aromatic N) is 3. The Bertz CT molecular complexity index is 1290. The zero-order valence-electron chi connectivity index (χ0n) is 21.5. The highest BCUT2D eigenvalue weighted by Gasteiger charge is 2.31. The largest absolute Gasteiger partial charge is 0.573 e. The molecule has 10 nitrogen and oxygen atoms in total. The van der Waals surface area contributed by atoms with E-state index >= 15 is 0 Å². The second-order valence-electron chi connectivity index (χ2n) is 8.91. The third-order valence-electron chi connectivity index (χ3n) is 5.48. The van der Waals surface area contributed by atoms with Crippen LogP contribution >= 0.6 is 11.3 Å². The van der Waals surface area contributed by atoms with Crippen molar-refractivity contribution in [2.45, 2.75) is 51.3 Å². The van der Waals surface area contributed by atoms with Gasteiger partial charge in [0.15, 0.2) is 0 Å². The van der Waals surface area contributed by atoms with Gasteiger partial charge < -0.3 is 26.8 Å². The van der Waals surface area contributed by atoms with Gasteiger partial charge in [0.2, 0.25) is 16.9 Å². The molecule has 0 aliphatic carbocycles. The Balaban J connectivity index is 1.34. The molecule has 214 valence electrons. The summed E-state index contributed by atoms with van der Waals surface area (Å²) in [5.41, 5.74) is 12.7. The predicted molar refractivity (Wildman–Crippen MR) is 146 cm³/mol. The quantitative estimate of drug-likeness (QED) is 0.206. The van der Waals surface area contributed by atoms with Gasteiger partial charge in [0, 0.05) is 31.0 Å². The number of amides is 2. The lowest BCUT2D eigenvalue weighted by Crippen LogP contribution is -2.28. The average molecular weight is 578 g/mol. The van der Waals surface area contributed by atoms with Crippen LogP contribution in [0.25, 0.3) is 0 Å². The number of unbranched alkanes of at least 4 members (excludes halogenated alkanes) is 1. The van der Waals surface area contributed by atoms with Gasteiger partial charge in [-0.3, -0.25) is 14.6 Å². The molecule has 1 aromatic heterocycles. The van der Waals surface area contributed by atoms with E-state index in [-0.39, 0.29) is 24.1 Å². The molecule has 0 saturated heterocycles. The predicted octanol–water partition coefficient (Wildman–Crippen LogP) is 4.08. The Morgan fingerprint density at radius 2 is 1.98 bits per heavy atom. The molecule has 6 N–H and O–H groups in total. The molecule has 0 bridgehead atoms. The summed E-state index contributed by atoms with van der Waals surface area (Å²) in [6.45, 7) is 0. The normalized spacial score (nSPS) is 15.6. The number of nitrogens with one attached hydrogen (secondary N) is 2. The zero-order valence-corrected chi connectivity index (χ0v) is 22.3. The van der Waals surface area contributed by atoms with Crippen molar-refractivity contribution in [3.63, 3.8) is 0 Å². The summed E-state index contributed by atoms with van der Waals surface area (Å²) in [5, 5.41) is 14.7. The topological polar surface area (TPSA) is 158 Å². The number of nitrogens with two attached hydrogens (primary N) is 2. The van der Waals surface area contributed by atoms with Gasteiger partial charge in [-0.25, -0.2) is 0 Å². The van der Waals surface area contributed by atoms with Crippen molar-refractivity contribution in [2.24, 2.45) is 22.4 Å². The highest BCUT2D eigenvalue weighted by atomic mass is 32.1. The summed E-state index contributed by atoms with van der Waals surface area (Å²) in [6.07, 6.45) is 7.38. The van der Waals surface area contributed by atoms with E-state index < -0.39 is 18.0 Å². The van der Waals surface area contributed by atoms with Crippen LogP contribution in [-0.2, 0) is 22.4 Å². The number of alkyl halides is 3. The minimum atomic E-state index is -4.82. The lowest BCUT2D eigenvalue weighted by molar-refractivity contribution is -0.274. The second-order valence-corrected chi connectivity index (χ2v) is 9.98. The number of carbonyl (C=O) groups is 2. The maximum Gasteiger partial charge on any atom is 0.573 e. The first-order valence-electron chi connectivity index (χ1n) is 12.4. The third kappa shape index (κ3) is 11.7. The molecule has 1 aliphatic heterocycles. The van der Waals surface area contributed by atoms with Crippen molar-refractivity contribution in [1.29, 1.82) is 0 Å². The van der Waals surface area contributed by atoms with Crippen molar-refractivity contribution in [3.05, 3.63) is 70.8 Å². The van der Waals surface area contributed by atoms with Crippen LogP contribution in [0.3, 0.4) is 0 Å². The summed E-state index contributed by atoms with van der Waals surface area (Å²) in [5.74, 6) is -0.838. The average Bonchev–Trinajstić information content (AvgIpc) is 3.32. The highest BCUT2D eigenvalue weighted by molar-refractivity contribution is 7.15. The molecule has 0 saturated carbocycles. The van der Waals surface area contributed by atoms with Crippen molar-refractivity contribution in [1.82, 2.24) is 15.5 Å². The molecule has 1 atom stereocenters. The lowest BCUT2D eigenvalue weighted by atomic mass is 10.0. The van der Waals surface area contributed by atoms with E-state index in [9.17, 15) is 22.8 Å². The van der Waals surface area contributed by atoms with Crippen LogP contribution in [0.5, 0.6) is 5.75 Å². The van der Waals surface area contributed by atoms with Crippen molar-refractivity contribution >= 4 is 34.5 Å². The number of aliphatic imine (C=N–C) groups is 1. The smallest absolute Gasteiger partial charge is 0.406 e. The number of hydrogen-bond acceptors (Lipinski definition) is 9. The van der Waals surface area contributed by atoms with Gasteiger partial charge in [0.25, 0.3) is 0 Å². The number of aryl methyl sites for hydroxylation is 1. The second kappa shape index (κ2) is 14.8. The molecular formula is C26H30F3N7O3S. The fraction of sp³-hybridized carbons (Fsp3) is 0.346. The number of halogens is 3. The molecule has 0 spiro atoms. The Morgan fingerprint density at radius 3 is 2.73 bits per heavy atom. The summed E-state index contributed by atoms with van der Waals surface area (Å²) in [4.78, 5) is 28.4. The number of rotatable bonds is 13. The van der Waals surface area contributed by atoms with E-state index in [1.807, 2.05) is 6.08 Å². The van der Waals surface area contributed by atoms with E-state index in [2.05, 4.69) is 30.6 Å². The minimum Gasteiger partial charge on any atom is -0.406 e. The number of carbonyl (C=O) groups excluding carboxylic acids is 2. The first kappa shape index (κ1) is 30.3. The van der Waals surface area contributed by atoms with Crippen molar-refractivity contribution in [3.8, 4) is 5.75 Å². The van der Waals surface area contributed by atoms with Gasteiger partial charge >= 0.3 is 6.36 Å². The minimum absolute atomic E-state index is 0.0479. The van der Waals surface area contributed by atoms with E-state index in [0.29, 0.717) is 35.7 Å². The first-order chi connectivity index (χ1) is 19.1. The molecule has 1 aromatic carbocycles. The lowest BCUT2D eigenvalue weighted by Gasteiger charge is -2.10. The van der Waals surface area contributed by atoms with Crippen LogP contribution in [0.2, 0.25) is 0 Å². The number of hydrogen-bond donors (Lipinski definition) is 4. The third-order valence-corrected chi connectivity index (χ3v) is 6.38. The number of ether oxygens (including phenoxy) is 1. The van der Waals surface area contributed by atoms with Gasteiger partial charge in [-0.2, -0.15) is 0 Å². The van der Waals surface area contributed by atoms with Gasteiger partial charge in [0.05, 0.1) is 6.42 Å². The maximum atomic E-state index is 12.4. The van der Waals surface area contributed by atoms with Crippen LogP contribution in [0.4, 0.5) is 18.3 Å². The number of allylic oxidation sites excluding steroid dienone is 4. The molecule has 2 heterocycles. The summed E-state index contributed by atoms with van der Waals surface area (Å²) < 4.78 is 41.0. The Kier molecular flexibility index (Phi) is 11.2. The molecular weight excluding hydrogens is 547 g/mol. The van der Waals surface area contributed by atoms with E-state index in [0.717, 1.165) is 36.4 Å². The molecule has 40 heavy (non-hydrogen) atoms. The zero-order chi connectivity index (χ0) is 29.0. The number of aromatic nitrogens is 2. The van der Waals surface area contributed by atoms with Crippen LogP contribution < -0.4 is 26.8 Å². The number of anilines is 1. The van der Waals surface area contributed by atoms with Crippen LogP contribution in [-0.4, -0.2) is 34.6 Å². The fourth-order valence-corrected chi connectivity index (χ4v) is 4.44. The Labute approximate surface area is 233 Å². The van der Waals surface area contributed by atoms with Gasteiger partial charge in [-0.1, -0.05) is 29.5 Å². The molecule has 1 unspecified atom stereocenters. The standard InChI is InChI=1S/C26H30F3N7O3S/c27-26(28,29)39-20-6-3-4-18(14-20)16-22(37)33-21(31)9-8-19(30)5-1-2-7-24-35-36-25(40-24)34-23(38)15-17-10-12-32-13-11-17/h3-4,6,8-10,12-14,17H,1-2,5,7,11,15-16,30-31H2,(H,33,37)(H,34,36,38)/b19-8-,21-9+.